The van der Waals surface area contributed by atoms with Crippen LogP contribution in [0.2, 0.25) is 0 Å². The van der Waals surface area contributed by atoms with Crippen LogP contribution in [0.25, 0.3) is 0 Å². The Labute approximate surface area is 224 Å². The van der Waals surface area contributed by atoms with Crippen molar-refractivity contribution in [3.63, 3.8) is 0 Å². The molecule has 3 rings (SSSR count). The number of methoxy groups -OCH3 is 1. The number of aromatic hydroxyl groups is 1. The molecule has 0 radical (unpaired) electrons. The zero-order chi connectivity index (χ0) is 27.4. The number of phenols is 1. The average Bonchev–Trinajstić information content (AvgIpc) is 2.85. The Hall–Kier alpha value is -2.74. The summed E-state index contributed by atoms with van der Waals surface area (Å²) in [5.41, 5.74) is 5.81. The van der Waals surface area contributed by atoms with Gasteiger partial charge in [-0.15, -0.1) is 0 Å². The van der Waals surface area contributed by atoms with Crippen LogP contribution in [-0.4, -0.2) is 35.8 Å². The summed E-state index contributed by atoms with van der Waals surface area (Å²) in [5.74, 6) is 7.70. The van der Waals surface area contributed by atoms with Crippen molar-refractivity contribution < 1.29 is 14.6 Å². The van der Waals surface area contributed by atoms with Crippen molar-refractivity contribution in [2.75, 3.05) is 20.2 Å². The first kappa shape index (κ1) is 28.8. The van der Waals surface area contributed by atoms with Gasteiger partial charge in [-0.1, -0.05) is 49.1 Å². The van der Waals surface area contributed by atoms with E-state index in [0.717, 1.165) is 66.0 Å². The number of nitrogens with zero attached hydrogens (tertiary/aromatic N) is 1. The molecular weight excluding hydrogens is 458 g/mol. The van der Waals surface area contributed by atoms with E-state index in [9.17, 15) is 5.11 Å². The van der Waals surface area contributed by atoms with Gasteiger partial charge in [0.25, 0.3) is 0 Å². The van der Waals surface area contributed by atoms with Crippen molar-refractivity contribution in [2.45, 2.75) is 86.5 Å². The molecule has 4 heteroatoms. The Morgan fingerprint density at radius 1 is 1.19 bits per heavy atom. The van der Waals surface area contributed by atoms with E-state index in [1.54, 1.807) is 7.11 Å². The maximum Gasteiger partial charge on any atom is 0.137 e. The van der Waals surface area contributed by atoms with Gasteiger partial charge in [-0.05, 0) is 102 Å². The van der Waals surface area contributed by atoms with Gasteiger partial charge in [0.2, 0.25) is 0 Å². The Balaban J connectivity index is 1.80. The van der Waals surface area contributed by atoms with Crippen LogP contribution in [0.4, 0.5) is 0 Å². The highest BCUT2D eigenvalue weighted by Crippen LogP contribution is 2.47. The molecule has 2 aromatic carbocycles. The molecule has 0 spiro atoms. The summed E-state index contributed by atoms with van der Waals surface area (Å²) in [6.45, 7) is 19.3. The monoisotopic (exact) mass is 503 g/mol. The van der Waals surface area contributed by atoms with E-state index < -0.39 is 5.60 Å². The van der Waals surface area contributed by atoms with Crippen molar-refractivity contribution in [3.05, 3.63) is 69.8 Å². The molecule has 2 unspecified atom stereocenters. The van der Waals surface area contributed by atoms with Crippen molar-refractivity contribution in [1.29, 1.82) is 0 Å². The van der Waals surface area contributed by atoms with Crippen LogP contribution in [-0.2, 0) is 17.7 Å². The predicted octanol–water partition coefficient (Wildman–Crippen LogP) is 7.22. The van der Waals surface area contributed by atoms with E-state index >= 15 is 0 Å². The third-order valence-electron chi connectivity index (χ3n) is 7.46. The van der Waals surface area contributed by atoms with Gasteiger partial charge in [-0.25, -0.2) is 0 Å². The smallest absolute Gasteiger partial charge is 0.137 e. The second kappa shape index (κ2) is 11.8. The summed E-state index contributed by atoms with van der Waals surface area (Å²) in [4.78, 5) is 2.40. The molecule has 1 heterocycles. The highest BCUT2D eigenvalue weighted by Gasteiger charge is 2.42. The van der Waals surface area contributed by atoms with Gasteiger partial charge >= 0.3 is 0 Å². The lowest BCUT2D eigenvalue weighted by Gasteiger charge is -2.42. The number of hydrogen-bond donors (Lipinski definition) is 1. The molecule has 1 N–H and O–H groups in total. The van der Waals surface area contributed by atoms with E-state index in [1.165, 1.54) is 5.56 Å². The Bertz CT molecular complexity index is 1190. The van der Waals surface area contributed by atoms with E-state index in [4.69, 9.17) is 9.47 Å². The molecular formula is C33H45NO3. The van der Waals surface area contributed by atoms with Crippen LogP contribution in [0.3, 0.4) is 0 Å². The molecule has 4 nitrogen and oxygen atoms in total. The average molecular weight is 504 g/mol. The highest BCUT2D eigenvalue weighted by molar-refractivity contribution is 5.58. The number of benzene rings is 2. The van der Waals surface area contributed by atoms with Gasteiger partial charge < -0.3 is 14.6 Å². The molecule has 2 aromatic rings. The number of allylic oxidation sites excluding steroid dienone is 1. The van der Waals surface area contributed by atoms with Crippen LogP contribution < -0.4 is 4.74 Å². The Kier molecular flexibility index (Phi) is 9.16. The molecule has 0 saturated carbocycles. The largest absolute Gasteiger partial charge is 0.507 e. The van der Waals surface area contributed by atoms with Crippen LogP contribution in [0.15, 0.2) is 36.4 Å². The molecule has 0 fully saturated rings. The van der Waals surface area contributed by atoms with Gasteiger partial charge in [-0.2, -0.15) is 0 Å². The molecule has 0 saturated heterocycles. The Morgan fingerprint density at radius 3 is 2.57 bits per heavy atom. The first-order valence-corrected chi connectivity index (χ1v) is 13.4. The third kappa shape index (κ3) is 6.78. The minimum atomic E-state index is -0.514. The van der Waals surface area contributed by atoms with E-state index in [1.807, 2.05) is 26.8 Å². The minimum Gasteiger partial charge on any atom is -0.507 e. The van der Waals surface area contributed by atoms with Crippen LogP contribution in [0.5, 0.6) is 11.5 Å². The first-order valence-electron chi connectivity index (χ1n) is 13.4. The molecule has 0 aromatic heterocycles. The summed E-state index contributed by atoms with van der Waals surface area (Å²) in [6.07, 6.45) is 5.56. The molecule has 0 bridgehead atoms. The zero-order valence-electron chi connectivity index (χ0n) is 24.3. The number of rotatable bonds is 8. The van der Waals surface area contributed by atoms with Crippen molar-refractivity contribution in [2.24, 2.45) is 5.41 Å². The molecule has 0 aliphatic carbocycles. The van der Waals surface area contributed by atoms with Crippen molar-refractivity contribution >= 4 is 0 Å². The molecule has 200 valence electrons. The fourth-order valence-corrected chi connectivity index (χ4v) is 5.12. The summed E-state index contributed by atoms with van der Waals surface area (Å²) in [7, 11) is 1.77. The standard InChI is InChI=1S/C33H45NO3/c1-10-34(20-13-11-12-18-32(5,6)7)22-26-15-14-16-27(21-26)31(36-9)33(8)19-17-28-25(4)29(35)23(2)24(3)30(28)37-33/h11,13-16,21,31,35H,10,17,19-20,22H2,1-9H3. The summed E-state index contributed by atoms with van der Waals surface area (Å²) < 4.78 is 12.9. The fraction of sp³-hybridized carbons (Fsp3) is 0.515. The number of likely N-dealkylation sites (N-methyl/N-ethyl adjacent to an activating group) is 1. The minimum absolute atomic E-state index is 0.0198. The maximum atomic E-state index is 10.5. The van der Waals surface area contributed by atoms with Crippen LogP contribution in [0, 0.1) is 38.0 Å². The van der Waals surface area contributed by atoms with Crippen LogP contribution in [0.1, 0.15) is 80.5 Å². The SMILES string of the molecule is CCN(CC=CC#CC(C)(C)C)Cc1cccc(C(OC)C2(C)CCc3c(C)c(O)c(C)c(C)c3O2)c1. The molecule has 1 aliphatic heterocycles. The zero-order valence-corrected chi connectivity index (χ0v) is 24.3. The fourth-order valence-electron chi connectivity index (χ4n) is 5.12. The number of hydrogen-bond acceptors (Lipinski definition) is 4. The van der Waals surface area contributed by atoms with Gasteiger partial charge in [0, 0.05) is 31.2 Å². The molecule has 37 heavy (non-hydrogen) atoms. The number of fused-ring (bicyclic) bond motifs is 1. The molecule has 1 aliphatic rings. The van der Waals surface area contributed by atoms with Gasteiger partial charge in [0.15, 0.2) is 0 Å². The normalized spacial score (nSPS) is 18.3. The van der Waals surface area contributed by atoms with Crippen molar-refractivity contribution in [1.82, 2.24) is 4.90 Å². The third-order valence-corrected chi connectivity index (χ3v) is 7.46. The van der Waals surface area contributed by atoms with Crippen molar-refractivity contribution in [3.8, 4) is 23.3 Å². The lowest BCUT2D eigenvalue weighted by atomic mass is 9.82. The quantitative estimate of drug-likeness (QED) is 0.386. The van der Waals surface area contributed by atoms with Gasteiger partial charge in [-0.3, -0.25) is 4.90 Å². The summed E-state index contributed by atoms with van der Waals surface area (Å²) in [5, 5.41) is 10.5. The van der Waals surface area contributed by atoms with Crippen LogP contribution >= 0.6 is 0 Å². The van der Waals surface area contributed by atoms with E-state index in [-0.39, 0.29) is 11.5 Å². The number of ether oxygens (including phenoxy) is 2. The second-order valence-electron chi connectivity index (χ2n) is 11.6. The lowest BCUT2D eigenvalue weighted by molar-refractivity contribution is -0.0782. The summed E-state index contributed by atoms with van der Waals surface area (Å²) in [6, 6.07) is 8.69. The predicted molar refractivity (Wildman–Crippen MR) is 153 cm³/mol. The second-order valence-corrected chi connectivity index (χ2v) is 11.6. The Morgan fingerprint density at radius 2 is 1.92 bits per heavy atom. The summed E-state index contributed by atoms with van der Waals surface area (Å²) >= 11 is 0. The lowest BCUT2D eigenvalue weighted by Crippen LogP contribution is -2.43. The highest BCUT2D eigenvalue weighted by atomic mass is 16.5. The first-order chi connectivity index (χ1) is 17.4. The number of phenolic OH excluding ortho intramolecular Hbond substituents is 1. The molecule has 0 amide bonds. The molecule has 2 atom stereocenters. The van der Waals surface area contributed by atoms with Gasteiger partial charge in [0.1, 0.15) is 23.2 Å². The van der Waals surface area contributed by atoms with Gasteiger partial charge in [0.05, 0.1) is 0 Å². The maximum absolute atomic E-state index is 10.5. The van der Waals surface area contributed by atoms with E-state index in [0.29, 0.717) is 5.75 Å². The topological polar surface area (TPSA) is 41.9 Å². The van der Waals surface area contributed by atoms with E-state index in [2.05, 4.69) is 81.7 Å².